The molecule has 33 heavy (non-hydrogen) atoms. The van der Waals surface area contributed by atoms with Crippen molar-refractivity contribution in [3.05, 3.63) is 12.7 Å². The van der Waals surface area contributed by atoms with Crippen molar-refractivity contribution in [3.63, 3.8) is 0 Å². The highest BCUT2D eigenvalue weighted by atomic mass is 32.1. The second-order valence-corrected chi connectivity index (χ2v) is 9.25. The Labute approximate surface area is 196 Å². The first kappa shape index (κ1) is 22.7. The number of anilines is 1. The molecule has 2 unspecified atom stereocenters. The third kappa shape index (κ3) is 4.90. The van der Waals surface area contributed by atoms with E-state index in [1.807, 2.05) is 0 Å². The van der Waals surface area contributed by atoms with Crippen LogP contribution in [0.3, 0.4) is 0 Å². The molecule has 3 fully saturated rings. The van der Waals surface area contributed by atoms with Gasteiger partial charge in [0.25, 0.3) is 5.17 Å². The molecule has 0 bridgehead atoms. The SMILES string of the molecule is O[C@@H]1[C@@H](COC(=S)NC2CCCCC2)OC(n2cnc3c(NC4CCOC4)ncnc32)[C@@H]1O. The molecule has 0 aromatic carbocycles. The highest BCUT2D eigenvalue weighted by Gasteiger charge is 2.45. The summed E-state index contributed by atoms with van der Waals surface area (Å²) in [5, 5.41) is 28.1. The molecule has 5 atom stereocenters. The van der Waals surface area contributed by atoms with E-state index in [0.717, 1.165) is 19.3 Å². The van der Waals surface area contributed by atoms with E-state index >= 15 is 0 Å². The van der Waals surface area contributed by atoms with E-state index in [1.54, 1.807) is 4.57 Å². The van der Waals surface area contributed by atoms with Crippen LogP contribution in [0.2, 0.25) is 0 Å². The summed E-state index contributed by atoms with van der Waals surface area (Å²) < 4.78 is 18.6. The molecule has 1 saturated carbocycles. The summed E-state index contributed by atoms with van der Waals surface area (Å²) in [5.74, 6) is 0.598. The van der Waals surface area contributed by atoms with Crippen molar-refractivity contribution in [2.75, 3.05) is 25.1 Å². The van der Waals surface area contributed by atoms with Gasteiger partial charge < -0.3 is 35.1 Å². The minimum Gasteiger partial charge on any atom is -0.468 e. The molecule has 11 nitrogen and oxygen atoms in total. The number of thiocarbonyl (C=S) groups is 1. The standard InChI is InChI=1S/C21H30N6O5S/c28-16-14(9-31-21(33)26-12-4-2-1-3-5-12)32-20(17(16)29)27-11-24-15-18(22-10-23-19(15)27)25-13-6-7-30-8-13/h10-14,16-17,20,28-29H,1-9H2,(H,26,33)(H,22,23,25)/t13?,14-,16-,17-,20?/m1/s1. The average molecular weight is 479 g/mol. The lowest BCUT2D eigenvalue weighted by Crippen LogP contribution is -2.39. The monoisotopic (exact) mass is 478 g/mol. The summed E-state index contributed by atoms with van der Waals surface area (Å²) in [6, 6.07) is 0.491. The Kier molecular flexibility index (Phi) is 6.88. The summed E-state index contributed by atoms with van der Waals surface area (Å²) >= 11 is 5.30. The van der Waals surface area contributed by atoms with Gasteiger partial charge in [-0.2, -0.15) is 0 Å². The second kappa shape index (κ2) is 10.0. The van der Waals surface area contributed by atoms with E-state index in [0.29, 0.717) is 41.4 Å². The van der Waals surface area contributed by atoms with Gasteiger partial charge in [0.2, 0.25) is 0 Å². The number of fused-ring (bicyclic) bond motifs is 1. The minimum atomic E-state index is -1.18. The Hall–Kier alpha value is -2.12. The number of hydrogen-bond acceptors (Lipinski definition) is 10. The molecule has 2 aromatic rings. The number of aromatic nitrogens is 4. The molecule has 180 valence electrons. The van der Waals surface area contributed by atoms with Gasteiger partial charge in [0.1, 0.15) is 31.2 Å². The lowest BCUT2D eigenvalue weighted by molar-refractivity contribution is -0.0492. The molecule has 3 aliphatic rings. The molecule has 1 aliphatic carbocycles. The Morgan fingerprint density at radius 3 is 2.76 bits per heavy atom. The van der Waals surface area contributed by atoms with Gasteiger partial charge in [-0.05, 0) is 31.5 Å². The van der Waals surface area contributed by atoms with Gasteiger partial charge in [-0.25, -0.2) is 15.0 Å². The molecule has 0 radical (unpaired) electrons. The Morgan fingerprint density at radius 2 is 1.97 bits per heavy atom. The smallest absolute Gasteiger partial charge is 0.256 e. The number of aliphatic hydroxyl groups is 2. The summed E-state index contributed by atoms with van der Waals surface area (Å²) in [5.41, 5.74) is 1.06. The van der Waals surface area contributed by atoms with Crippen LogP contribution >= 0.6 is 12.2 Å². The zero-order chi connectivity index (χ0) is 22.8. The topological polar surface area (TPSA) is 136 Å². The largest absolute Gasteiger partial charge is 0.468 e. The third-order valence-electron chi connectivity index (χ3n) is 6.55. The van der Waals surface area contributed by atoms with E-state index in [1.165, 1.54) is 31.9 Å². The van der Waals surface area contributed by atoms with Crippen molar-refractivity contribution in [2.45, 2.75) is 75.1 Å². The third-order valence-corrected chi connectivity index (χ3v) is 6.78. The van der Waals surface area contributed by atoms with Gasteiger partial charge in [-0.15, -0.1) is 0 Å². The number of rotatable bonds is 6. The van der Waals surface area contributed by atoms with Crippen LogP contribution in [0.15, 0.2) is 12.7 Å². The first-order valence-electron chi connectivity index (χ1n) is 11.6. The predicted octanol–water partition coefficient (Wildman–Crippen LogP) is 0.870. The maximum Gasteiger partial charge on any atom is 0.256 e. The van der Waals surface area contributed by atoms with Crippen LogP contribution in [0.5, 0.6) is 0 Å². The maximum absolute atomic E-state index is 10.7. The van der Waals surface area contributed by atoms with Gasteiger partial charge in [-0.3, -0.25) is 4.57 Å². The number of ether oxygens (including phenoxy) is 3. The van der Waals surface area contributed by atoms with Crippen LogP contribution < -0.4 is 10.6 Å². The van der Waals surface area contributed by atoms with Crippen LogP contribution in [0, 0.1) is 0 Å². The van der Waals surface area contributed by atoms with E-state index in [2.05, 4.69) is 25.6 Å². The highest BCUT2D eigenvalue weighted by Crippen LogP contribution is 2.32. The quantitative estimate of drug-likeness (QED) is 0.440. The number of nitrogens with one attached hydrogen (secondary N) is 2. The fourth-order valence-corrected chi connectivity index (χ4v) is 4.93. The molecule has 2 aliphatic heterocycles. The van der Waals surface area contributed by atoms with Crippen molar-refractivity contribution in [1.29, 1.82) is 0 Å². The zero-order valence-corrected chi connectivity index (χ0v) is 19.1. The lowest BCUT2D eigenvalue weighted by atomic mass is 9.96. The van der Waals surface area contributed by atoms with Crippen LogP contribution in [-0.2, 0) is 14.2 Å². The van der Waals surface area contributed by atoms with E-state index in [9.17, 15) is 10.2 Å². The second-order valence-electron chi connectivity index (χ2n) is 8.88. The number of aliphatic hydroxyl groups excluding tert-OH is 2. The molecule has 4 heterocycles. The van der Waals surface area contributed by atoms with Gasteiger partial charge in [0, 0.05) is 12.6 Å². The number of nitrogens with zero attached hydrogens (tertiary/aromatic N) is 4. The fourth-order valence-electron chi connectivity index (χ4n) is 4.70. The van der Waals surface area contributed by atoms with E-state index in [-0.39, 0.29) is 12.6 Å². The van der Waals surface area contributed by atoms with Gasteiger partial charge >= 0.3 is 0 Å². The van der Waals surface area contributed by atoms with E-state index in [4.69, 9.17) is 26.4 Å². The van der Waals surface area contributed by atoms with Crippen LogP contribution in [-0.4, -0.2) is 85.1 Å². The number of hydrogen-bond donors (Lipinski definition) is 4. The van der Waals surface area contributed by atoms with Crippen molar-refractivity contribution >= 4 is 34.4 Å². The Morgan fingerprint density at radius 1 is 1.12 bits per heavy atom. The Balaban J connectivity index is 1.23. The predicted molar refractivity (Wildman–Crippen MR) is 123 cm³/mol. The van der Waals surface area contributed by atoms with Crippen molar-refractivity contribution in [3.8, 4) is 0 Å². The van der Waals surface area contributed by atoms with Crippen LogP contribution in [0.25, 0.3) is 11.2 Å². The summed E-state index contributed by atoms with van der Waals surface area (Å²) in [6.07, 6.45) is 5.72. The average Bonchev–Trinajstić information content (AvgIpc) is 3.55. The fraction of sp³-hybridized carbons (Fsp3) is 0.714. The van der Waals surface area contributed by atoms with Gasteiger partial charge in [0.15, 0.2) is 23.2 Å². The molecule has 4 N–H and O–H groups in total. The Bertz CT molecular complexity index is 964. The van der Waals surface area contributed by atoms with Crippen LogP contribution in [0.4, 0.5) is 5.82 Å². The van der Waals surface area contributed by atoms with Gasteiger partial charge in [0.05, 0.1) is 19.0 Å². The normalized spacial score (nSPS) is 30.5. The van der Waals surface area contributed by atoms with Crippen molar-refractivity contribution in [2.24, 2.45) is 0 Å². The van der Waals surface area contributed by atoms with Crippen molar-refractivity contribution < 1.29 is 24.4 Å². The summed E-state index contributed by atoms with van der Waals surface area (Å²) in [6.45, 7) is 1.36. The molecule has 2 saturated heterocycles. The van der Waals surface area contributed by atoms with E-state index < -0.39 is 24.5 Å². The van der Waals surface area contributed by atoms with Crippen LogP contribution in [0.1, 0.15) is 44.8 Å². The molecule has 0 amide bonds. The molecule has 12 heteroatoms. The van der Waals surface area contributed by atoms with Crippen molar-refractivity contribution in [1.82, 2.24) is 24.8 Å². The highest BCUT2D eigenvalue weighted by molar-refractivity contribution is 7.80. The first-order valence-corrected chi connectivity index (χ1v) is 12.0. The number of imidazole rings is 1. The zero-order valence-electron chi connectivity index (χ0n) is 18.3. The lowest BCUT2D eigenvalue weighted by Gasteiger charge is -2.24. The van der Waals surface area contributed by atoms with Gasteiger partial charge in [-0.1, -0.05) is 19.3 Å². The molecule has 2 aromatic heterocycles. The summed E-state index contributed by atoms with van der Waals surface area (Å²) in [4.78, 5) is 13.1. The molecule has 0 spiro atoms. The molecular weight excluding hydrogens is 448 g/mol. The maximum atomic E-state index is 10.7. The molecular formula is C21H30N6O5S. The molecule has 5 rings (SSSR count). The first-order chi connectivity index (χ1) is 16.1. The minimum absolute atomic E-state index is 0.0311. The summed E-state index contributed by atoms with van der Waals surface area (Å²) in [7, 11) is 0.